The van der Waals surface area contributed by atoms with Crippen molar-refractivity contribution < 1.29 is 29.3 Å². The maximum absolute atomic E-state index is 12.6. The average molecular weight is 601 g/mol. The summed E-state index contributed by atoms with van der Waals surface area (Å²) in [6.07, 6.45) is 16.8. The Morgan fingerprint density at radius 3 is 1.73 bits per heavy atom. The summed E-state index contributed by atoms with van der Waals surface area (Å²) in [7, 11) is 0. The molecule has 1 aliphatic carbocycles. The topological polar surface area (TPSA) is 116 Å². The van der Waals surface area contributed by atoms with E-state index in [1.807, 2.05) is 36.4 Å². The van der Waals surface area contributed by atoms with Crippen molar-refractivity contribution in [3.8, 4) is 11.1 Å². The van der Waals surface area contributed by atoms with Gasteiger partial charge < -0.3 is 25.2 Å². The van der Waals surface area contributed by atoms with Crippen LogP contribution in [0.3, 0.4) is 0 Å². The smallest absolute Gasteiger partial charge is 0.409 e. The molecule has 8 nitrogen and oxygen atoms in total. The molecule has 234 valence electrons. The molecule has 0 radical (unpaired) electrons. The molecule has 5 rings (SSSR count). The van der Waals surface area contributed by atoms with Crippen LogP contribution in [0.4, 0.5) is 4.79 Å². The number of aliphatic carboxylic acids is 2. The fraction of sp³-hybridized carbons (Fsp3) is 0.361. The fourth-order valence-corrected chi connectivity index (χ4v) is 5.71. The lowest BCUT2D eigenvalue weighted by Crippen LogP contribution is -2.39. The molecule has 0 atom stereocenters. The first kappa shape index (κ1) is 34.1. The van der Waals surface area contributed by atoms with Crippen molar-refractivity contribution >= 4 is 18.0 Å². The predicted molar refractivity (Wildman–Crippen MR) is 174 cm³/mol. The Hall–Kier alpha value is -4.43. The van der Waals surface area contributed by atoms with Crippen LogP contribution in [0.5, 0.6) is 0 Å². The van der Waals surface area contributed by atoms with Gasteiger partial charge in [-0.25, -0.2) is 14.4 Å². The SMILES string of the molecule is C.O=C(O)/C=C/C=C/C1CCN(C(=O)OCC2c3ccccc3-c3ccccc32)CC1.O=C(O)/C=C/C=C/C1CCNCC1. The minimum atomic E-state index is -0.954. The molecule has 2 aromatic carbocycles. The van der Waals surface area contributed by atoms with Crippen molar-refractivity contribution in [2.45, 2.75) is 39.0 Å². The maximum atomic E-state index is 12.6. The summed E-state index contributed by atoms with van der Waals surface area (Å²) >= 11 is 0. The van der Waals surface area contributed by atoms with Gasteiger partial charge in [-0.15, -0.1) is 0 Å². The van der Waals surface area contributed by atoms with Gasteiger partial charge in [0.05, 0.1) is 0 Å². The summed E-state index contributed by atoms with van der Waals surface area (Å²) in [5.41, 5.74) is 4.87. The summed E-state index contributed by atoms with van der Waals surface area (Å²) < 4.78 is 5.73. The lowest BCUT2D eigenvalue weighted by molar-refractivity contribution is -0.132. The second kappa shape index (κ2) is 17.6. The van der Waals surface area contributed by atoms with E-state index in [-0.39, 0.29) is 19.4 Å². The number of nitrogens with one attached hydrogen (secondary N) is 1. The number of likely N-dealkylation sites (tertiary alicyclic amines) is 1. The lowest BCUT2D eigenvalue weighted by Gasteiger charge is -2.30. The van der Waals surface area contributed by atoms with Crippen LogP contribution in [0, 0.1) is 11.8 Å². The van der Waals surface area contributed by atoms with Crippen molar-refractivity contribution in [1.82, 2.24) is 10.2 Å². The summed E-state index contributed by atoms with van der Waals surface area (Å²) in [4.78, 5) is 35.0. The van der Waals surface area contributed by atoms with Crippen molar-refractivity contribution in [2.75, 3.05) is 32.8 Å². The van der Waals surface area contributed by atoms with Gasteiger partial charge in [-0.2, -0.15) is 0 Å². The minimum Gasteiger partial charge on any atom is -0.478 e. The molecule has 44 heavy (non-hydrogen) atoms. The molecule has 0 spiro atoms. The zero-order chi connectivity index (χ0) is 30.4. The first-order valence-corrected chi connectivity index (χ1v) is 14.9. The molecule has 2 fully saturated rings. The summed E-state index contributed by atoms with van der Waals surface area (Å²) in [5.74, 6) is -0.816. The molecule has 1 amide bonds. The van der Waals surface area contributed by atoms with Gasteiger partial charge in [0, 0.05) is 31.2 Å². The zero-order valence-electron chi connectivity index (χ0n) is 24.3. The van der Waals surface area contributed by atoms with E-state index in [4.69, 9.17) is 14.9 Å². The first-order valence-electron chi connectivity index (χ1n) is 14.9. The normalized spacial score (nSPS) is 17.3. The number of carboxylic acids is 2. The first-order chi connectivity index (χ1) is 20.9. The number of rotatable bonds is 8. The van der Waals surface area contributed by atoms with E-state index in [1.165, 1.54) is 28.3 Å². The second-order valence-corrected chi connectivity index (χ2v) is 10.9. The number of piperidine rings is 2. The fourth-order valence-electron chi connectivity index (χ4n) is 5.71. The van der Waals surface area contributed by atoms with Crippen molar-refractivity contribution in [1.29, 1.82) is 0 Å². The van der Waals surface area contributed by atoms with Gasteiger partial charge in [0.15, 0.2) is 0 Å². The summed E-state index contributed by atoms with van der Waals surface area (Å²) in [5, 5.41) is 20.2. The zero-order valence-corrected chi connectivity index (χ0v) is 24.3. The van der Waals surface area contributed by atoms with Gasteiger partial charge in [0.1, 0.15) is 6.61 Å². The van der Waals surface area contributed by atoms with Gasteiger partial charge in [0.25, 0.3) is 0 Å². The third kappa shape index (κ3) is 10.1. The lowest BCUT2D eigenvalue weighted by atomic mass is 9.96. The Balaban J connectivity index is 0.000000319. The number of amides is 1. The van der Waals surface area contributed by atoms with Gasteiger partial charge in [-0.05, 0) is 72.9 Å². The van der Waals surface area contributed by atoms with Crippen LogP contribution in [0.1, 0.15) is 50.2 Å². The third-order valence-corrected chi connectivity index (χ3v) is 7.98. The highest BCUT2D eigenvalue weighted by Gasteiger charge is 2.30. The van der Waals surface area contributed by atoms with E-state index in [2.05, 4.69) is 35.7 Å². The number of carbonyl (C=O) groups excluding carboxylic acids is 1. The van der Waals surface area contributed by atoms with Gasteiger partial charge >= 0.3 is 18.0 Å². The molecule has 0 unspecified atom stereocenters. The number of ether oxygens (including phenoxy) is 1. The van der Waals surface area contributed by atoms with Gasteiger partial charge in [0.2, 0.25) is 0 Å². The van der Waals surface area contributed by atoms with Crippen LogP contribution in [-0.4, -0.2) is 65.9 Å². The van der Waals surface area contributed by atoms with E-state index < -0.39 is 11.9 Å². The number of hydrogen-bond donors (Lipinski definition) is 3. The quantitative estimate of drug-likeness (QED) is 0.229. The van der Waals surface area contributed by atoms with E-state index in [0.717, 1.165) is 50.9 Å². The monoisotopic (exact) mass is 600 g/mol. The second-order valence-electron chi connectivity index (χ2n) is 10.9. The highest BCUT2D eigenvalue weighted by atomic mass is 16.6. The van der Waals surface area contributed by atoms with Crippen LogP contribution in [0.25, 0.3) is 11.1 Å². The number of allylic oxidation sites excluding steroid dienone is 6. The Morgan fingerprint density at radius 1 is 0.750 bits per heavy atom. The summed E-state index contributed by atoms with van der Waals surface area (Å²) in [6, 6.07) is 16.6. The Morgan fingerprint density at radius 2 is 1.23 bits per heavy atom. The molecule has 2 heterocycles. The molecule has 0 bridgehead atoms. The number of carboxylic acid groups (broad SMARTS) is 2. The number of benzene rings is 2. The molecule has 2 aromatic rings. The Bertz CT molecular complexity index is 1320. The standard InChI is InChI=1S/C25H25NO4.C10H15NO2.CH4/c27-24(28)12-6-1-7-18-13-15-26(16-14-18)25(29)30-17-23-21-10-4-2-8-19(21)20-9-3-5-11-22(20)23;12-10(13)4-2-1-3-9-5-7-11-8-6-9;/h1-12,18,23H,13-17H2,(H,27,28);1-4,9,11H,5-8H2,(H,12,13);1H4/b7-1+,12-6+;3-1+,4-2+;. The third-order valence-electron chi connectivity index (χ3n) is 7.98. The minimum absolute atomic E-state index is 0. The molecule has 2 saturated heterocycles. The number of nitrogens with zero attached hydrogens (tertiary/aromatic N) is 1. The van der Waals surface area contributed by atoms with Crippen LogP contribution in [0.15, 0.2) is 97.1 Å². The number of carbonyl (C=O) groups is 3. The molecule has 2 aliphatic heterocycles. The Labute approximate surface area is 260 Å². The Kier molecular flexibility index (Phi) is 13.6. The molecule has 0 saturated carbocycles. The molecule has 3 aliphatic rings. The van der Waals surface area contributed by atoms with Crippen LogP contribution < -0.4 is 5.32 Å². The number of hydrogen-bond acceptors (Lipinski definition) is 5. The largest absolute Gasteiger partial charge is 0.478 e. The molecular weight excluding hydrogens is 556 g/mol. The predicted octanol–water partition coefficient (Wildman–Crippen LogP) is 6.66. The molecular formula is C36H44N2O6. The van der Waals surface area contributed by atoms with Crippen LogP contribution >= 0.6 is 0 Å². The molecule has 3 N–H and O–H groups in total. The highest BCUT2D eigenvalue weighted by molar-refractivity contribution is 5.80. The highest BCUT2D eigenvalue weighted by Crippen LogP contribution is 2.44. The van der Waals surface area contributed by atoms with E-state index in [9.17, 15) is 14.4 Å². The molecule has 0 aromatic heterocycles. The van der Waals surface area contributed by atoms with Crippen LogP contribution in [0.2, 0.25) is 0 Å². The maximum Gasteiger partial charge on any atom is 0.409 e. The van der Waals surface area contributed by atoms with E-state index in [0.29, 0.717) is 31.5 Å². The van der Waals surface area contributed by atoms with Crippen LogP contribution in [-0.2, 0) is 14.3 Å². The van der Waals surface area contributed by atoms with E-state index in [1.54, 1.807) is 17.1 Å². The van der Waals surface area contributed by atoms with Crippen molar-refractivity contribution in [3.05, 3.63) is 108 Å². The van der Waals surface area contributed by atoms with Gasteiger partial charge in [-0.3, -0.25) is 0 Å². The van der Waals surface area contributed by atoms with Crippen molar-refractivity contribution in [3.63, 3.8) is 0 Å². The van der Waals surface area contributed by atoms with Gasteiger partial charge in [-0.1, -0.05) is 92.4 Å². The van der Waals surface area contributed by atoms with E-state index >= 15 is 0 Å². The molecule has 8 heteroatoms. The number of fused-ring (bicyclic) bond motifs is 3. The average Bonchev–Trinajstić information content (AvgIpc) is 3.35. The van der Waals surface area contributed by atoms with Crippen molar-refractivity contribution in [2.24, 2.45) is 11.8 Å². The summed E-state index contributed by atoms with van der Waals surface area (Å²) in [6.45, 7) is 3.77.